The van der Waals surface area contributed by atoms with Crippen molar-refractivity contribution in [3.05, 3.63) is 88.6 Å². The van der Waals surface area contributed by atoms with Gasteiger partial charge in [0.25, 0.3) is 11.1 Å². The Morgan fingerprint density at radius 1 is 1.02 bits per heavy atom. The van der Waals surface area contributed by atoms with Gasteiger partial charge in [-0.25, -0.2) is 14.0 Å². The summed E-state index contributed by atoms with van der Waals surface area (Å²) < 4.78 is 24.5. The summed E-state index contributed by atoms with van der Waals surface area (Å²) in [7, 11) is 1.44. The SMILES string of the molecule is Cc1c(=O)n(C)c(Nc2ccc(I)cc2F)c2c(=O)n(C3CC3)c(=O)n(-c3cccc(N[C@@H]4O[C@H](C(=O)O)[C@@H](O)[C@H](O)[C@H]4O)c3)c12. The zero-order valence-electron chi connectivity index (χ0n) is 24.3. The Hall–Kier alpha value is -4.10. The molecule has 0 spiro atoms. The first kappa shape index (κ1) is 31.9. The molecule has 16 heteroatoms. The Balaban J connectivity index is 1.54. The molecule has 14 nitrogen and oxygen atoms in total. The first-order chi connectivity index (χ1) is 21.8. The third-order valence-electron chi connectivity index (χ3n) is 8.21. The number of anilines is 3. The van der Waals surface area contributed by atoms with Gasteiger partial charge in [0.15, 0.2) is 12.3 Å². The van der Waals surface area contributed by atoms with Crippen LogP contribution in [0.2, 0.25) is 0 Å². The van der Waals surface area contributed by atoms with E-state index >= 15 is 0 Å². The normalized spacial score (nSPS) is 23.0. The maximum Gasteiger partial charge on any atom is 0.336 e. The van der Waals surface area contributed by atoms with E-state index < -0.39 is 59.2 Å². The summed E-state index contributed by atoms with van der Waals surface area (Å²) >= 11 is 1.96. The molecule has 1 aliphatic carbocycles. The largest absolute Gasteiger partial charge is 0.479 e. The van der Waals surface area contributed by atoms with E-state index in [2.05, 4.69) is 10.6 Å². The Bertz CT molecular complexity index is 2080. The molecule has 6 rings (SSSR count). The number of pyridine rings is 1. The number of hydrogen-bond acceptors (Lipinski definition) is 10. The molecule has 0 radical (unpaired) electrons. The molecule has 2 aromatic heterocycles. The van der Waals surface area contributed by atoms with Crippen molar-refractivity contribution in [2.75, 3.05) is 10.6 Å². The van der Waals surface area contributed by atoms with Crippen LogP contribution in [-0.2, 0) is 16.6 Å². The number of aromatic nitrogens is 3. The number of carboxylic acid groups (broad SMARTS) is 1. The quantitative estimate of drug-likeness (QED) is 0.149. The lowest BCUT2D eigenvalue weighted by Gasteiger charge is -2.39. The minimum atomic E-state index is -1.88. The molecule has 2 aliphatic rings. The lowest BCUT2D eigenvalue weighted by atomic mass is 9.98. The molecule has 4 aromatic rings. The van der Waals surface area contributed by atoms with E-state index in [4.69, 9.17) is 4.74 Å². The minimum absolute atomic E-state index is 0.000920. The van der Waals surface area contributed by atoms with Crippen LogP contribution in [-0.4, -0.2) is 70.7 Å². The molecule has 1 aliphatic heterocycles. The summed E-state index contributed by atoms with van der Waals surface area (Å²) in [5.74, 6) is -2.18. The van der Waals surface area contributed by atoms with Crippen LogP contribution < -0.4 is 27.4 Å². The van der Waals surface area contributed by atoms with Crippen molar-refractivity contribution in [1.29, 1.82) is 0 Å². The maximum absolute atomic E-state index is 15.0. The number of aryl methyl sites for hydroxylation is 1. The van der Waals surface area contributed by atoms with Crippen LogP contribution in [0.1, 0.15) is 24.4 Å². The van der Waals surface area contributed by atoms with E-state index in [9.17, 15) is 44.0 Å². The number of carboxylic acids is 1. The number of hydrogen-bond donors (Lipinski definition) is 6. The first-order valence-corrected chi connectivity index (χ1v) is 15.3. The summed E-state index contributed by atoms with van der Waals surface area (Å²) in [4.78, 5) is 53.2. The van der Waals surface area contributed by atoms with Gasteiger partial charge in [-0.15, -0.1) is 0 Å². The molecule has 3 heterocycles. The van der Waals surface area contributed by atoms with Crippen LogP contribution in [0.3, 0.4) is 0 Å². The summed E-state index contributed by atoms with van der Waals surface area (Å²) in [6.07, 6.45) is -7.60. The number of aliphatic hydroxyl groups excluding tert-OH is 3. The number of nitrogens with zero attached hydrogens (tertiary/aromatic N) is 3. The zero-order chi connectivity index (χ0) is 33.2. The number of rotatable bonds is 7. The lowest BCUT2D eigenvalue weighted by molar-refractivity contribution is -0.221. The van der Waals surface area contributed by atoms with E-state index in [0.29, 0.717) is 16.4 Å². The standard InChI is InChI=1S/C30H29FIN5O9/c1-12-20-19(25(35(2)27(12)41)34-18-9-6-13(32)10-17(18)31)28(42)37(15-7-8-15)30(45)36(20)16-5-3-4-14(11-16)33-26-23(40)21(38)22(39)24(46-26)29(43)44/h3-6,9-11,15,21-24,26,33-34,38-40H,7-8H2,1-2H3,(H,43,44)/t21-,22-,23+,24-,26+/m0/s1. The van der Waals surface area contributed by atoms with Gasteiger partial charge < -0.3 is 35.8 Å². The number of aliphatic hydroxyl groups is 3. The summed E-state index contributed by atoms with van der Waals surface area (Å²) in [5.41, 5.74) is -1.41. The van der Waals surface area contributed by atoms with Crippen molar-refractivity contribution in [2.45, 2.75) is 56.5 Å². The number of aliphatic carboxylic acids is 1. The number of fused-ring (bicyclic) bond motifs is 1. The van der Waals surface area contributed by atoms with Gasteiger partial charge in [0, 0.05) is 27.9 Å². The molecule has 1 saturated heterocycles. The highest BCUT2D eigenvalue weighted by Crippen LogP contribution is 2.34. The average Bonchev–Trinajstić information content (AvgIpc) is 3.85. The molecule has 1 saturated carbocycles. The van der Waals surface area contributed by atoms with Crippen LogP contribution in [0, 0.1) is 16.3 Å². The molecule has 242 valence electrons. The van der Waals surface area contributed by atoms with Gasteiger partial charge in [-0.1, -0.05) is 6.07 Å². The molecule has 2 fully saturated rings. The topological polar surface area (TPSA) is 197 Å². The van der Waals surface area contributed by atoms with Crippen molar-refractivity contribution < 1.29 is 34.3 Å². The van der Waals surface area contributed by atoms with Crippen LogP contribution in [0.4, 0.5) is 21.6 Å². The van der Waals surface area contributed by atoms with Gasteiger partial charge in [-0.3, -0.25) is 23.3 Å². The van der Waals surface area contributed by atoms with E-state index in [1.165, 1.54) is 53.4 Å². The highest BCUT2D eigenvalue weighted by Gasteiger charge is 2.47. The fourth-order valence-corrected chi connectivity index (χ4v) is 6.13. The first-order valence-electron chi connectivity index (χ1n) is 14.2. The monoisotopic (exact) mass is 749 g/mol. The molecular formula is C30H29FIN5O9. The van der Waals surface area contributed by atoms with Crippen molar-refractivity contribution >= 4 is 56.7 Å². The average molecular weight is 749 g/mol. The van der Waals surface area contributed by atoms with E-state index in [1.807, 2.05) is 22.6 Å². The second-order valence-electron chi connectivity index (χ2n) is 11.3. The second kappa shape index (κ2) is 11.9. The molecular weight excluding hydrogens is 720 g/mol. The van der Waals surface area contributed by atoms with Gasteiger partial charge in [0.1, 0.15) is 35.3 Å². The molecule has 6 N–H and O–H groups in total. The Morgan fingerprint density at radius 2 is 1.74 bits per heavy atom. The van der Waals surface area contributed by atoms with Gasteiger partial charge in [0.2, 0.25) is 0 Å². The third kappa shape index (κ3) is 5.38. The van der Waals surface area contributed by atoms with Gasteiger partial charge >= 0.3 is 11.7 Å². The predicted molar refractivity (Wildman–Crippen MR) is 172 cm³/mol. The number of halogens is 2. The third-order valence-corrected chi connectivity index (χ3v) is 8.88. The van der Waals surface area contributed by atoms with Gasteiger partial charge in [-0.05, 0) is 78.8 Å². The Kier molecular flexibility index (Phi) is 8.26. The summed E-state index contributed by atoms with van der Waals surface area (Å²) in [6, 6.07) is 10.1. The van der Waals surface area contributed by atoms with E-state index in [0.717, 1.165) is 4.57 Å². The fourth-order valence-electron chi connectivity index (χ4n) is 5.68. The Labute approximate surface area is 272 Å². The molecule has 0 bridgehead atoms. The molecule has 0 amide bonds. The van der Waals surface area contributed by atoms with Crippen LogP contribution in [0.5, 0.6) is 0 Å². The molecule has 0 unspecified atom stereocenters. The zero-order valence-corrected chi connectivity index (χ0v) is 26.5. The van der Waals surface area contributed by atoms with Crippen molar-refractivity contribution in [2.24, 2.45) is 7.05 Å². The molecule has 46 heavy (non-hydrogen) atoms. The smallest absolute Gasteiger partial charge is 0.336 e. The molecule has 2 aromatic carbocycles. The van der Waals surface area contributed by atoms with Gasteiger partial charge in [-0.2, -0.15) is 0 Å². The number of carbonyl (C=O) groups is 1. The number of ether oxygens (including phenoxy) is 1. The van der Waals surface area contributed by atoms with E-state index in [-0.39, 0.29) is 45.4 Å². The second-order valence-corrected chi connectivity index (χ2v) is 12.6. The van der Waals surface area contributed by atoms with Crippen molar-refractivity contribution in [3.8, 4) is 5.69 Å². The summed E-state index contributed by atoms with van der Waals surface area (Å²) in [5, 5.41) is 45.8. The maximum atomic E-state index is 15.0. The number of nitrogens with one attached hydrogen (secondary N) is 2. The van der Waals surface area contributed by atoms with Crippen LogP contribution >= 0.6 is 22.6 Å². The predicted octanol–water partition coefficient (Wildman–Crippen LogP) is 1.29. The lowest BCUT2D eigenvalue weighted by Crippen LogP contribution is -2.61. The van der Waals surface area contributed by atoms with Gasteiger partial charge in [0.05, 0.1) is 16.9 Å². The Morgan fingerprint density at radius 3 is 2.39 bits per heavy atom. The summed E-state index contributed by atoms with van der Waals surface area (Å²) in [6.45, 7) is 1.48. The fraction of sp³-hybridized carbons (Fsp3) is 0.333. The van der Waals surface area contributed by atoms with Crippen molar-refractivity contribution in [1.82, 2.24) is 13.7 Å². The van der Waals surface area contributed by atoms with Crippen LogP contribution in [0.15, 0.2) is 56.8 Å². The van der Waals surface area contributed by atoms with E-state index in [1.54, 1.807) is 12.1 Å². The van der Waals surface area contributed by atoms with Crippen molar-refractivity contribution in [3.63, 3.8) is 0 Å². The minimum Gasteiger partial charge on any atom is -0.479 e. The molecule has 5 atom stereocenters. The number of benzene rings is 2. The highest BCUT2D eigenvalue weighted by atomic mass is 127. The highest BCUT2D eigenvalue weighted by molar-refractivity contribution is 14.1. The van der Waals surface area contributed by atoms with Crippen LogP contribution in [0.25, 0.3) is 16.6 Å².